The molecule has 1 aromatic rings. The highest BCUT2D eigenvalue weighted by molar-refractivity contribution is 5.50. The average molecular weight is 372 g/mol. The van der Waals surface area contributed by atoms with Crippen molar-refractivity contribution in [2.45, 2.75) is 51.1 Å². The topological polar surface area (TPSA) is 53.5 Å². The second kappa shape index (κ2) is 7.55. The molecule has 3 heterocycles. The van der Waals surface area contributed by atoms with Crippen LogP contribution in [0.1, 0.15) is 39.0 Å². The molecule has 2 unspecified atom stereocenters. The Morgan fingerprint density at radius 1 is 1.07 bits per heavy atom. The fourth-order valence-electron chi connectivity index (χ4n) is 5.17. The van der Waals surface area contributed by atoms with Gasteiger partial charge < -0.3 is 19.9 Å². The fraction of sp³-hybridized carbons (Fsp3) is 0.810. The Hall–Kier alpha value is -1.40. The highest BCUT2D eigenvalue weighted by atomic mass is 16.5. The van der Waals surface area contributed by atoms with E-state index in [1.165, 1.54) is 32.1 Å². The number of aromatic nitrogens is 2. The average Bonchev–Trinajstić information content (AvgIpc) is 3.61. The molecule has 6 heteroatoms. The highest BCUT2D eigenvalue weighted by Gasteiger charge is 2.49. The third kappa shape index (κ3) is 4.06. The number of nitrogens with one attached hydrogen (secondary N) is 1. The first-order chi connectivity index (χ1) is 13.3. The number of nitrogens with zero attached hydrogens (tertiary/aromatic N) is 4. The first-order valence-corrected chi connectivity index (χ1v) is 10.9. The van der Waals surface area contributed by atoms with Crippen LogP contribution in [0, 0.1) is 17.8 Å². The second-order valence-corrected chi connectivity index (χ2v) is 8.98. The number of hydrogen-bond donors (Lipinski definition) is 1. The van der Waals surface area contributed by atoms with Gasteiger partial charge in [0.25, 0.3) is 0 Å². The van der Waals surface area contributed by atoms with Crippen LogP contribution in [0.5, 0.6) is 0 Å². The number of anilines is 2. The molecular formula is C21H33N5O. The number of hydrogen-bond acceptors (Lipinski definition) is 6. The van der Waals surface area contributed by atoms with E-state index in [-0.39, 0.29) is 0 Å². The summed E-state index contributed by atoms with van der Waals surface area (Å²) in [5, 5.41) is 3.96. The van der Waals surface area contributed by atoms with Crippen molar-refractivity contribution in [1.82, 2.24) is 15.3 Å². The molecular weight excluding hydrogens is 338 g/mol. The van der Waals surface area contributed by atoms with Gasteiger partial charge in [-0.1, -0.05) is 0 Å². The lowest BCUT2D eigenvalue weighted by atomic mass is 10.0. The predicted octanol–water partition coefficient (Wildman–Crippen LogP) is 2.31. The summed E-state index contributed by atoms with van der Waals surface area (Å²) in [6.45, 7) is 7.98. The summed E-state index contributed by atoms with van der Waals surface area (Å²) >= 11 is 0. The van der Waals surface area contributed by atoms with Gasteiger partial charge in [-0.05, 0) is 56.8 Å². The molecule has 2 saturated carbocycles. The molecule has 6 nitrogen and oxygen atoms in total. The van der Waals surface area contributed by atoms with Gasteiger partial charge in [0.2, 0.25) is 0 Å². The van der Waals surface area contributed by atoms with E-state index in [0.29, 0.717) is 12.1 Å². The minimum absolute atomic E-state index is 0.580. The molecule has 2 saturated heterocycles. The number of ether oxygens (including phenoxy) is 1. The van der Waals surface area contributed by atoms with E-state index in [1.54, 1.807) is 6.33 Å². The van der Waals surface area contributed by atoms with Crippen LogP contribution < -0.4 is 15.1 Å². The molecule has 0 bridgehead atoms. The van der Waals surface area contributed by atoms with Crippen LogP contribution in [-0.2, 0) is 4.74 Å². The summed E-state index contributed by atoms with van der Waals surface area (Å²) < 4.78 is 5.47. The number of piperidine rings is 1. The number of rotatable bonds is 6. The van der Waals surface area contributed by atoms with Gasteiger partial charge >= 0.3 is 0 Å². The Bertz CT molecular complexity index is 645. The molecule has 0 aromatic carbocycles. The van der Waals surface area contributed by atoms with Gasteiger partial charge in [-0.25, -0.2) is 9.97 Å². The van der Waals surface area contributed by atoms with Crippen LogP contribution >= 0.6 is 0 Å². The maximum Gasteiger partial charge on any atom is 0.134 e. The molecule has 148 valence electrons. The first-order valence-electron chi connectivity index (χ1n) is 10.9. The van der Waals surface area contributed by atoms with Crippen molar-refractivity contribution in [3.05, 3.63) is 12.4 Å². The van der Waals surface area contributed by atoms with E-state index in [2.05, 4.69) is 38.1 Å². The Labute approximate surface area is 162 Å². The smallest absolute Gasteiger partial charge is 0.134 e. The van der Waals surface area contributed by atoms with E-state index >= 15 is 0 Å². The van der Waals surface area contributed by atoms with Crippen molar-refractivity contribution in [2.24, 2.45) is 17.8 Å². The summed E-state index contributed by atoms with van der Waals surface area (Å²) in [5.74, 6) is 5.15. The molecule has 2 aliphatic heterocycles. The van der Waals surface area contributed by atoms with E-state index < -0.39 is 0 Å². The van der Waals surface area contributed by atoms with E-state index in [9.17, 15) is 0 Å². The first kappa shape index (κ1) is 17.7. The number of morpholine rings is 1. The summed E-state index contributed by atoms with van der Waals surface area (Å²) in [4.78, 5) is 13.9. The van der Waals surface area contributed by atoms with Crippen LogP contribution in [0.15, 0.2) is 12.4 Å². The van der Waals surface area contributed by atoms with Crippen molar-refractivity contribution >= 4 is 11.6 Å². The molecule has 0 spiro atoms. The van der Waals surface area contributed by atoms with Crippen LogP contribution in [0.2, 0.25) is 0 Å². The molecule has 27 heavy (non-hydrogen) atoms. The maximum absolute atomic E-state index is 5.47. The predicted molar refractivity (Wildman–Crippen MR) is 107 cm³/mol. The Morgan fingerprint density at radius 3 is 2.63 bits per heavy atom. The van der Waals surface area contributed by atoms with Gasteiger partial charge in [0, 0.05) is 44.3 Å². The van der Waals surface area contributed by atoms with E-state index in [4.69, 9.17) is 4.74 Å². The van der Waals surface area contributed by atoms with Gasteiger partial charge in [0.15, 0.2) is 0 Å². The lowest BCUT2D eigenvalue weighted by Crippen LogP contribution is -2.49. The van der Waals surface area contributed by atoms with Crippen LogP contribution in [0.4, 0.5) is 11.6 Å². The van der Waals surface area contributed by atoms with Crippen LogP contribution in [0.3, 0.4) is 0 Å². The Morgan fingerprint density at radius 2 is 1.85 bits per heavy atom. The largest absolute Gasteiger partial charge is 0.378 e. The molecule has 1 N–H and O–H groups in total. The minimum atomic E-state index is 0.580. The molecule has 0 radical (unpaired) electrons. The van der Waals surface area contributed by atoms with Gasteiger partial charge in [-0.2, -0.15) is 0 Å². The van der Waals surface area contributed by atoms with Crippen molar-refractivity contribution in [3.63, 3.8) is 0 Å². The standard InChI is InChI=1S/C21H33N5O/c1-15(18-11-19(18)16-4-5-16)24-17-3-2-6-26(13-17)21-12-20(22-14-23-21)25-7-9-27-10-8-25/h12,14-19,24H,2-11,13H2,1H3/t15?,17?,18-,19-/m0/s1. The van der Waals surface area contributed by atoms with Crippen molar-refractivity contribution in [3.8, 4) is 0 Å². The summed E-state index contributed by atoms with van der Waals surface area (Å²) in [5.41, 5.74) is 0. The van der Waals surface area contributed by atoms with Crippen molar-refractivity contribution in [2.75, 3.05) is 49.2 Å². The lowest BCUT2D eigenvalue weighted by Gasteiger charge is -2.36. The quantitative estimate of drug-likeness (QED) is 0.828. The lowest BCUT2D eigenvalue weighted by molar-refractivity contribution is 0.122. The van der Waals surface area contributed by atoms with Gasteiger partial charge in [0.1, 0.15) is 18.0 Å². The zero-order chi connectivity index (χ0) is 18.2. The normalized spacial score (nSPS) is 32.4. The molecule has 1 aromatic heterocycles. The van der Waals surface area contributed by atoms with Crippen LogP contribution in [-0.4, -0.2) is 61.4 Å². The molecule has 0 amide bonds. The van der Waals surface area contributed by atoms with Crippen molar-refractivity contribution < 1.29 is 4.74 Å². The zero-order valence-electron chi connectivity index (χ0n) is 16.5. The zero-order valence-corrected chi connectivity index (χ0v) is 16.5. The second-order valence-electron chi connectivity index (χ2n) is 8.98. The third-order valence-electron chi connectivity index (χ3n) is 6.98. The molecule has 2 aliphatic carbocycles. The summed E-state index contributed by atoms with van der Waals surface area (Å²) in [6, 6.07) is 3.41. The molecule has 5 rings (SSSR count). The third-order valence-corrected chi connectivity index (χ3v) is 6.98. The molecule has 4 atom stereocenters. The Balaban J connectivity index is 1.19. The Kier molecular flexibility index (Phi) is 4.94. The fourth-order valence-corrected chi connectivity index (χ4v) is 5.17. The maximum atomic E-state index is 5.47. The van der Waals surface area contributed by atoms with Gasteiger partial charge in [-0.15, -0.1) is 0 Å². The summed E-state index contributed by atoms with van der Waals surface area (Å²) in [6.07, 6.45) is 8.68. The summed E-state index contributed by atoms with van der Waals surface area (Å²) in [7, 11) is 0. The van der Waals surface area contributed by atoms with Gasteiger partial charge in [0.05, 0.1) is 13.2 Å². The van der Waals surface area contributed by atoms with Gasteiger partial charge in [-0.3, -0.25) is 0 Å². The van der Waals surface area contributed by atoms with E-state index in [1.807, 2.05) is 0 Å². The van der Waals surface area contributed by atoms with Crippen LogP contribution in [0.25, 0.3) is 0 Å². The highest BCUT2D eigenvalue weighted by Crippen LogP contribution is 2.55. The minimum Gasteiger partial charge on any atom is -0.378 e. The van der Waals surface area contributed by atoms with Crippen molar-refractivity contribution in [1.29, 1.82) is 0 Å². The molecule has 4 aliphatic rings. The SMILES string of the molecule is CC(NC1CCCN(c2cc(N3CCOCC3)ncn2)C1)[C@@H]1C[C@H]1C1CC1. The van der Waals surface area contributed by atoms with E-state index in [0.717, 1.165) is 68.8 Å². The monoisotopic (exact) mass is 371 g/mol. The molecule has 4 fully saturated rings.